The van der Waals surface area contributed by atoms with Crippen LogP contribution in [0.1, 0.15) is 45.4 Å². The molecule has 12 heavy (non-hydrogen) atoms. The fourth-order valence-electron chi connectivity index (χ4n) is 1.73. The Bertz CT molecular complexity index is 116. The van der Waals surface area contributed by atoms with Gasteiger partial charge in [0, 0.05) is 12.6 Å². The van der Waals surface area contributed by atoms with E-state index in [-0.39, 0.29) is 0 Å². The zero-order chi connectivity index (χ0) is 8.81. The van der Waals surface area contributed by atoms with E-state index < -0.39 is 0 Å². The molecule has 0 aromatic rings. The van der Waals surface area contributed by atoms with Crippen LogP contribution in [0.4, 0.5) is 0 Å². The van der Waals surface area contributed by atoms with Crippen molar-refractivity contribution in [1.82, 2.24) is 0 Å². The molecule has 1 saturated heterocycles. The molecule has 1 rings (SSSR count). The lowest BCUT2D eigenvalue weighted by atomic mass is 10.00. The van der Waals surface area contributed by atoms with Gasteiger partial charge in [-0.15, -0.1) is 0 Å². The first-order valence-corrected chi connectivity index (χ1v) is 5.20. The van der Waals surface area contributed by atoms with Crippen LogP contribution in [0.3, 0.4) is 0 Å². The van der Waals surface area contributed by atoms with Crippen molar-refractivity contribution >= 4 is 0 Å². The number of hydrogen-bond donors (Lipinski definition) is 1. The van der Waals surface area contributed by atoms with Gasteiger partial charge >= 0.3 is 0 Å². The molecule has 0 saturated carbocycles. The average molecular weight is 171 g/mol. The first-order chi connectivity index (χ1) is 5.83. The molecule has 0 aromatic carbocycles. The highest BCUT2D eigenvalue weighted by molar-refractivity contribution is 4.73. The molecule has 0 radical (unpaired) electrons. The van der Waals surface area contributed by atoms with E-state index >= 15 is 0 Å². The van der Waals surface area contributed by atoms with Crippen LogP contribution in [0.5, 0.6) is 0 Å². The van der Waals surface area contributed by atoms with Crippen molar-refractivity contribution in [3.8, 4) is 0 Å². The topological polar surface area (TPSA) is 35.2 Å². The predicted octanol–water partition coefficient (Wildman–Crippen LogP) is 2.07. The highest BCUT2D eigenvalue weighted by Gasteiger charge is 2.18. The molecule has 1 aliphatic rings. The molecule has 1 heterocycles. The fourth-order valence-corrected chi connectivity index (χ4v) is 1.73. The molecule has 1 fully saturated rings. The molecule has 0 bridgehead atoms. The van der Waals surface area contributed by atoms with Crippen LogP contribution in [0.25, 0.3) is 0 Å². The third-order valence-corrected chi connectivity index (χ3v) is 2.54. The maximum Gasteiger partial charge on any atom is 0.0589 e. The molecule has 2 N–H and O–H groups in total. The third kappa shape index (κ3) is 3.55. The minimum absolute atomic E-state index is 0.394. The monoisotopic (exact) mass is 171 g/mol. The van der Waals surface area contributed by atoms with E-state index in [1.54, 1.807) is 0 Å². The number of rotatable bonds is 4. The highest BCUT2D eigenvalue weighted by atomic mass is 16.5. The van der Waals surface area contributed by atoms with Crippen LogP contribution >= 0.6 is 0 Å². The second kappa shape index (κ2) is 5.55. The normalized spacial score (nSPS) is 30.5. The van der Waals surface area contributed by atoms with E-state index in [9.17, 15) is 0 Å². The van der Waals surface area contributed by atoms with E-state index in [0.29, 0.717) is 12.1 Å². The van der Waals surface area contributed by atoms with Gasteiger partial charge in [-0.2, -0.15) is 0 Å². The summed E-state index contributed by atoms with van der Waals surface area (Å²) in [5, 5.41) is 0. The second-order valence-electron chi connectivity index (χ2n) is 3.77. The van der Waals surface area contributed by atoms with Crippen molar-refractivity contribution in [3.63, 3.8) is 0 Å². The summed E-state index contributed by atoms with van der Waals surface area (Å²) in [5.41, 5.74) is 5.85. The van der Waals surface area contributed by atoms with Gasteiger partial charge in [-0.25, -0.2) is 0 Å². The average Bonchev–Trinajstić information content (AvgIpc) is 2.05. The zero-order valence-corrected chi connectivity index (χ0v) is 8.09. The summed E-state index contributed by atoms with van der Waals surface area (Å²) in [6.07, 6.45) is 7.71. The largest absolute Gasteiger partial charge is 0.378 e. The minimum Gasteiger partial charge on any atom is -0.378 e. The maximum absolute atomic E-state index is 5.85. The van der Waals surface area contributed by atoms with E-state index in [0.717, 1.165) is 19.4 Å². The van der Waals surface area contributed by atoms with E-state index in [4.69, 9.17) is 10.5 Å². The quantitative estimate of drug-likeness (QED) is 0.657. The summed E-state index contributed by atoms with van der Waals surface area (Å²) >= 11 is 0. The lowest BCUT2D eigenvalue weighted by molar-refractivity contribution is 0.00199. The third-order valence-electron chi connectivity index (χ3n) is 2.54. The Balaban J connectivity index is 2.06. The Hall–Kier alpha value is -0.0800. The van der Waals surface area contributed by atoms with Crippen molar-refractivity contribution in [2.45, 2.75) is 57.6 Å². The summed E-state index contributed by atoms with van der Waals surface area (Å²) < 4.78 is 5.61. The van der Waals surface area contributed by atoms with Crippen molar-refractivity contribution in [2.24, 2.45) is 5.73 Å². The molecule has 2 heteroatoms. The van der Waals surface area contributed by atoms with Gasteiger partial charge in [0.25, 0.3) is 0 Å². The first-order valence-electron chi connectivity index (χ1n) is 5.20. The Labute approximate surface area is 75.5 Å². The molecule has 72 valence electrons. The van der Waals surface area contributed by atoms with Gasteiger partial charge in [-0.1, -0.05) is 26.2 Å². The minimum atomic E-state index is 0.394. The van der Waals surface area contributed by atoms with Gasteiger partial charge in [-0.05, 0) is 19.3 Å². The van der Waals surface area contributed by atoms with Crippen LogP contribution in [-0.2, 0) is 4.74 Å². The van der Waals surface area contributed by atoms with Gasteiger partial charge in [0.1, 0.15) is 0 Å². The molecule has 1 aliphatic heterocycles. The van der Waals surface area contributed by atoms with Gasteiger partial charge in [-0.3, -0.25) is 0 Å². The van der Waals surface area contributed by atoms with Crippen LogP contribution in [0.2, 0.25) is 0 Å². The van der Waals surface area contributed by atoms with Crippen molar-refractivity contribution in [3.05, 3.63) is 0 Å². The molecule has 2 atom stereocenters. The lowest BCUT2D eigenvalue weighted by Crippen LogP contribution is -2.34. The van der Waals surface area contributed by atoms with Crippen molar-refractivity contribution in [1.29, 1.82) is 0 Å². The Morgan fingerprint density at radius 3 is 2.92 bits per heavy atom. The standard InChI is InChI=1S/C10H21NO/c1-2-3-4-5-10-8-9(11)6-7-12-10/h9-10H,2-8,11H2,1H3. The van der Waals surface area contributed by atoms with Crippen molar-refractivity contribution in [2.75, 3.05) is 6.61 Å². The molecule has 0 spiro atoms. The summed E-state index contributed by atoms with van der Waals surface area (Å²) in [6.45, 7) is 3.10. The van der Waals surface area contributed by atoms with E-state index in [1.165, 1.54) is 25.7 Å². The van der Waals surface area contributed by atoms with Crippen LogP contribution in [-0.4, -0.2) is 18.8 Å². The Kier molecular flexibility index (Phi) is 4.62. The van der Waals surface area contributed by atoms with Crippen molar-refractivity contribution < 1.29 is 4.74 Å². The van der Waals surface area contributed by atoms with Crippen LogP contribution in [0, 0.1) is 0 Å². The SMILES string of the molecule is CCCCCC1CC(N)CCO1. The Morgan fingerprint density at radius 2 is 2.25 bits per heavy atom. The second-order valence-corrected chi connectivity index (χ2v) is 3.77. The fraction of sp³-hybridized carbons (Fsp3) is 1.00. The molecule has 0 amide bonds. The number of unbranched alkanes of at least 4 members (excludes halogenated alkanes) is 2. The number of ether oxygens (including phenoxy) is 1. The van der Waals surface area contributed by atoms with Crippen LogP contribution < -0.4 is 5.73 Å². The van der Waals surface area contributed by atoms with E-state index in [1.807, 2.05) is 0 Å². The predicted molar refractivity (Wildman–Crippen MR) is 51.1 cm³/mol. The smallest absolute Gasteiger partial charge is 0.0589 e. The molecule has 0 aromatic heterocycles. The molecule has 2 nitrogen and oxygen atoms in total. The maximum atomic E-state index is 5.85. The lowest BCUT2D eigenvalue weighted by Gasteiger charge is -2.27. The van der Waals surface area contributed by atoms with Gasteiger partial charge in [0.15, 0.2) is 0 Å². The molecule has 2 unspecified atom stereocenters. The number of nitrogens with two attached hydrogens (primary N) is 1. The summed E-state index contributed by atoms with van der Waals surface area (Å²) in [4.78, 5) is 0. The Morgan fingerprint density at radius 1 is 1.42 bits per heavy atom. The number of hydrogen-bond acceptors (Lipinski definition) is 2. The summed E-state index contributed by atoms with van der Waals surface area (Å²) in [7, 11) is 0. The van der Waals surface area contributed by atoms with E-state index in [2.05, 4.69) is 6.92 Å². The van der Waals surface area contributed by atoms with Crippen LogP contribution in [0.15, 0.2) is 0 Å². The van der Waals surface area contributed by atoms with Gasteiger partial charge in [0.05, 0.1) is 6.10 Å². The summed E-state index contributed by atoms with van der Waals surface area (Å²) in [6, 6.07) is 0.394. The molecular formula is C10H21NO. The zero-order valence-electron chi connectivity index (χ0n) is 8.09. The highest BCUT2D eigenvalue weighted by Crippen LogP contribution is 2.17. The van der Waals surface area contributed by atoms with Gasteiger partial charge in [0.2, 0.25) is 0 Å². The van der Waals surface area contributed by atoms with Gasteiger partial charge < -0.3 is 10.5 Å². The molecular weight excluding hydrogens is 150 g/mol. The summed E-state index contributed by atoms with van der Waals surface area (Å²) in [5.74, 6) is 0. The molecule has 0 aliphatic carbocycles. The first kappa shape index (κ1) is 10.0.